The Morgan fingerprint density at radius 1 is 1.40 bits per heavy atom. The first kappa shape index (κ1) is 12.9. The smallest absolute Gasteiger partial charge is 0.223 e. The molecule has 1 N–H and O–H groups in total. The van der Waals surface area contributed by atoms with Gasteiger partial charge in [-0.3, -0.25) is 9.78 Å². The average molecular weight is 270 g/mol. The van der Waals surface area contributed by atoms with Gasteiger partial charge in [-0.2, -0.15) is 0 Å². The minimum atomic E-state index is 0.191. The molecule has 4 nitrogen and oxygen atoms in total. The zero-order chi connectivity index (χ0) is 13.9. The highest BCUT2D eigenvalue weighted by molar-refractivity contribution is 5.86. The third kappa shape index (κ3) is 2.74. The summed E-state index contributed by atoms with van der Waals surface area (Å²) in [5.41, 5.74) is 1.14. The summed E-state index contributed by atoms with van der Waals surface area (Å²) in [5.74, 6) is 1.29. The van der Waals surface area contributed by atoms with E-state index in [0.717, 1.165) is 41.3 Å². The molecule has 1 amide bonds. The Labute approximate surface area is 118 Å². The molecule has 1 fully saturated rings. The molecule has 1 aliphatic rings. The van der Waals surface area contributed by atoms with Crippen molar-refractivity contribution in [3.8, 4) is 5.75 Å². The normalized spacial score (nSPS) is 14.2. The molecule has 1 heterocycles. The van der Waals surface area contributed by atoms with Crippen LogP contribution in [0.25, 0.3) is 10.8 Å². The number of ether oxygens (including phenoxy) is 1. The molecule has 0 bridgehead atoms. The molecule has 4 heteroatoms. The minimum Gasteiger partial charge on any atom is -0.497 e. The molecule has 0 saturated heterocycles. The third-order valence-electron chi connectivity index (χ3n) is 3.69. The molecule has 3 rings (SSSR count). The van der Waals surface area contributed by atoms with Gasteiger partial charge in [0.25, 0.3) is 0 Å². The second-order valence-corrected chi connectivity index (χ2v) is 5.20. The largest absolute Gasteiger partial charge is 0.497 e. The number of amides is 1. The van der Waals surface area contributed by atoms with Gasteiger partial charge in [-0.25, -0.2) is 0 Å². The number of fused-ring (bicyclic) bond motifs is 1. The van der Waals surface area contributed by atoms with Gasteiger partial charge in [0.2, 0.25) is 5.91 Å². The van der Waals surface area contributed by atoms with Gasteiger partial charge >= 0.3 is 0 Å². The van der Waals surface area contributed by atoms with E-state index in [4.69, 9.17) is 4.74 Å². The Hall–Kier alpha value is -2.10. The van der Waals surface area contributed by atoms with Gasteiger partial charge in [-0.05, 0) is 48.4 Å². The fourth-order valence-electron chi connectivity index (χ4n) is 2.34. The number of benzene rings is 1. The molecule has 0 radical (unpaired) electrons. The first-order valence-corrected chi connectivity index (χ1v) is 6.96. The van der Waals surface area contributed by atoms with Gasteiger partial charge in [0.05, 0.1) is 7.11 Å². The molecule has 0 aliphatic heterocycles. The van der Waals surface area contributed by atoms with Crippen molar-refractivity contribution in [1.29, 1.82) is 0 Å². The molecule has 1 aromatic heterocycles. The highest BCUT2D eigenvalue weighted by Gasteiger charge is 2.28. The van der Waals surface area contributed by atoms with Gasteiger partial charge in [0.15, 0.2) is 0 Å². The van der Waals surface area contributed by atoms with E-state index >= 15 is 0 Å². The third-order valence-corrected chi connectivity index (χ3v) is 3.69. The number of carbonyl (C=O) groups excluding carboxylic acids is 1. The van der Waals surface area contributed by atoms with Crippen LogP contribution in [0.5, 0.6) is 5.75 Å². The molecular weight excluding hydrogens is 252 g/mol. The number of nitrogens with one attached hydrogen (secondary N) is 1. The first-order chi connectivity index (χ1) is 9.78. The number of aromatic nitrogens is 1. The molecule has 20 heavy (non-hydrogen) atoms. The van der Waals surface area contributed by atoms with Crippen molar-refractivity contribution in [1.82, 2.24) is 10.3 Å². The zero-order valence-electron chi connectivity index (χ0n) is 11.6. The summed E-state index contributed by atoms with van der Waals surface area (Å²) in [6.45, 7) is 0.660. The number of pyridine rings is 1. The van der Waals surface area contributed by atoms with Crippen molar-refractivity contribution in [3.63, 3.8) is 0 Å². The summed E-state index contributed by atoms with van der Waals surface area (Å²) in [5, 5.41) is 5.22. The van der Waals surface area contributed by atoms with Crippen LogP contribution < -0.4 is 10.1 Å². The molecule has 1 saturated carbocycles. The fourth-order valence-corrected chi connectivity index (χ4v) is 2.34. The van der Waals surface area contributed by atoms with Crippen LogP contribution >= 0.6 is 0 Å². The quantitative estimate of drug-likeness (QED) is 0.907. The van der Waals surface area contributed by atoms with Gasteiger partial charge < -0.3 is 10.1 Å². The predicted octanol–water partition coefficient (Wildman–Crippen LogP) is 2.31. The van der Waals surface area contributed by atoms with E-state index in [1.165, 1.54) is 0 Å². The molecule has 1 aliphatic carbocycles. The van der Waals surface area contributed by atoms with Crippen LogP contribution in [0, 0.1) is 5.92 Å². The molecule has 104 valence electrons. The highest BCUT2D eigenvalue weighted by atomic mass is 16.5. The van der Waals surface area contributed by atoms with Crippen LogP contribution in [-0.4, -0.2) is 24.5 Å². The van der Waals surface area contributed by atoms with Gasteiger partial charge in [0, 0.05) is 30.2 Å². The van der Waals surface area contributed by atoms with Crippen molar-refractivity contribution in [2.45, 2.75) is 19.3 Å². The summed E-state index contributed by atoms with van der Waals surface area (Å²) < 4.78 is 5.27. The lowest BCUT2D eigenvalue weighted by atomic mass is 10.1. The number of hydrogen-bond donors (Lipinski definition) is 1. The van der Waals surface area contributed by atoms with E-state index in [-0.39, 0.29) is 11.8 Å². The first-order valence-electron chi connectivity index (χ1n) is 6.96. The Morgan fingerprint density at radius 3 is 3.00 bits per heavy atom. The highest BCUT2D eigenvalue weighted by Crippen LogP contribution is 2.28. The van der Waals surface area contributed by atoms with Gasteiger partial charge in [-0.1, -0.05) is 0 Å². The second-order valence-electron chi connectivity index (χ2n) is 5.20. The second kappa shape index (κ2) is 5.49. The monoisotopic (exact) mass is 270 g/mol. The number of methoxy groups -OCH3 is 1. The van der Waals surface area contributed by atoms with Crippen molar-refractivity contribution >= 4 is 16.7 Å². The Kier molecular flexibility index (Phi) is 3.54. The van der Waals surface area contributed by atoms with Crippen LogP contribution in [-0.2, 0) is 11.2 Å². The average Bonchev–Trinajstić information content (AvgIpc) is 3.31. The zero-order valence-corrected chi connectivity index (χ0v) is 11.6. The molecule has 0 spiro atoms. The van der Waals surface area contributed by atoms with Gasteiger partial charge in [-0.15, -0.1) is 0 Å². The summed E-state index contributed by atoms with van der Waals surface area (Å²) in [7, 11) is 1.66. The SMILES string of the molecule is COc1ccc2cncc(CCNC(=O)C3CC3)c2c1. The maximum Gasteiger partial charge on any atom is 0.223 e. The standard InChI is InChI=1S/C16H18N2O2/c1-20-14-5-4-12-9-17-10-13(15(12)8-14)6-7-18-16(19)11-2-3-11/h4-5,8-11H,2-3,6-7H2,1H3,(H,18,19). The Balaban J connectivity index is 1.74. The maximum absolute atomic E-state index is 11.6. The number of carbonyl (C=O) groups is 1. The molecule has 2 aromatic rings. The summed E-state index contributed by atoms with van der Waals surface area (Å²) in [6, 6.07) is 5.96. The topological polar surface area (TPSA) is 51.2 Å². The minimum absolute atomic E-state index is 0.191. The Morgan fingerprint density at radius 2 is 2.25 bits per heavy atom. The molecule has 0 atom stereocenters. The lowest BCUT2D eigenvalue weighted by Gasteiger charge is -2.08. The maximum atomic E-state index is 11.6. The van der Waals surface area contributed by atoms with Crippen molar-refractivity contribution < 1.29 is 9.53 Å². The van der Waals surface area contributed by atoms with E-state index < -0.39 is 0 Å². The van der Waals surface area contributed by atoms with Crippen molar-refractivity contribution in [3.05, 3.63) is 36.2 Å². The van der Waals surface area contributed by atoms with E-state index in [1.54, 1.807) is 7.11 Å². The summed E-state index contributed by atoms with van der Waals surface area (Å²) in [6.07, 6.45) is 6.58. The van der Waals surface area contributed by atoms with E-state index in [9.17, 15) is 4.79 Å². The number of hydrogen-bond acceptors (Lipinski definition) is 3. The van der Waals surface area contributed by atoms with Crippen molar-refractivity contribution in [2.75, 3.05) is 13.7 Å². The number of rotatable bonds is 5. The predicted molar refractivity (Wildman–Crippen MR) is 77.7 cm³/mol. The lowest BCUT2D eigenvalue weighted by Crippen LogP contribution is -2.27. The van der Waals surface area contributed by atoms with Crippen LogP contribution in [0.3, 0.4) is 0 Å². The van der Waals surface area contributed by atoms with E-state index in [0.29, 0.717) is 6.54 Å². The van der Waals surface area contributed by atoms with Gasteiger partial charge in [0.1, 0.15) is 5.75 Å². The fraction of sp³-hybridized carbons (Fsp3) is 0.375. The lowest BCUT2D eigenvalue weighted by molar-refractivity contribution is -0.122. The number of nitrogens with zero attached hydrogens (tertiary/aromatic N) is 1. The molecule has 0 unspecified atom stereocenters. The van der Waals surface area contributed by atoms with Crippen LogP contribution in [0.15, 0.2) is 30.6 Å². The van der Waals surface area contributed by atoms with Crippen LogP contribution in [0.1, 0.15) is 18.4 Å². The summed E-state index contributed by atoms with van der Waals surface area (Å²) >= 11 is 0. The molecular formula is C16H18N2O2. The molecule has 1 aromatic carbocycles. The Bertz CT molecular complexity index is 635. The van der Waals surface area contributed by atoms with Crippen LogP contribution in [0.4, 0.5) is 0 Å². The van der Waals surface area contributed by atoms with Crippen LogP contribution in [0.2, 0.25) is 0 Å². The van der Waals surface area contributed by atoms with Crippen molar-refractivity contribution in [2.24, 2.45) is 5.92 Å². The van der Waals surface area contributed by atoms with E-state index in [2.05, 4.69) is 10.3 Å². The summed E-state index contributed by atoms with van der Waals surface area (Å²) in [4.78, 5) is 15.9. The van der Waals surface area contributed by atoms with E-state index in [1.807, 2.05) is 30.6 Å².